The van der Waals surface area contributed by atoms with Crippen LogP contribution in [0.5, 0.6) is 0 Å². The van der Waals surface area contributed by atoms with Gasteiger partial charge in [0, 0.05) is 25.6 Å². The zero-order valence-corrected chi connectivity index (χ0v) is 21.0. The molecule has 1 aromatic heterocycles. The van der Waals surface area contributed by atoms with E-state index >= 15 is 0 Å². The first kappa shape index (κ1) is 26.6. The summed E-state index contributed by atoms with van der Waals surface area (Å²) in [6.45, 7) is 0.461. The summed E-state index contributed by atoms with van der Waals surface area (Å²) in [6.07, 6.45) is 4.30. The number of carbonyl (C=O) groups is 3. The van der Waals surface area contributed by atoms with Crippen molar-refractivity contribution in [1.82, 2.24) is 26.0 Å². The number of nitrogens with zero attached hydrogens (tertiary/aromatic N) is 1. The molecule has 0 aliphatic rings. The van der Waals surface area contributed by atoms with E-state index in [1.54, 1.807) is 6.20 Å². The van der Waals surface area contributed by atoms with Gasteiger partial charge in [0.1, 0.15) is 6.04 Å². The second kappa shape index (κ2) is 13.2. The second-order valence-corrected chi connectivity index (χ2v) is 9.16. The third kappa shape index (κ3) is 7.27. The number of nitrogens with one attached hydrogen (secondary N) is 4. The molecule has 0 bridgehead atoms. The lowest BCUT2D eigenvalue weighted by atomic mass is 9.91. The third-order valence-corrected chi connectivity index (χ3v) is 6.47. The Kier molecular flexibility index (Phi) is 9.20. The monoisotopic (exact) mass is 512 g/mol. The van der Waals surface area contributed by atoms with Crippen molar-refractivity contribution in [3.63, 3.8) is 0 Å². The number of H-pyrrole nitrogens is 1. The van der Waals surface area contributed by atoms with Gasteiger partial charge in [0.2, 0.25) is 11.8 Å². The number of imidazole rings is 1. The number of carbonyl (C=O) groups excluding carboxylic acids is 3. The van der Waals surface area contributed by atoms with Crippen LogP contribution >= 0.6 is 0 Å². The zero-order valence-electron chi connectivity index (χ0n) is 21.0. The summed E-state index contributed by atoms with van der Waals surface area (Å²) >= 11 is 0. The fraction of sp³-hybridized carbons (Fsp3) is 0.241. The van der Waals surface area contributed by atoms with E-state index in [2.05, 4.69) is 26.0 Å². The van der Waals surface area contributed by atoms with E-state index in [-0.39, 0.29) is 18.7 Å². The molecule has 38 heavy (non-hydrogen) atoms. The molecular weight excluding hydrogens is 480 g/mol. The molecule has 2 atom stereocenters. The third-order valence-electron chi connectivity index (χ3n) is 6.47. The van der Waals surface area contributed by atoms with Crippen LogP contribution in [0.25, 0.3) is 10.8 Å². The predicted octanol–water partition coefficient (Wildman–Crippen LogP) is 2.19. The molecule has 1 unspecified atom stereocenters. The van der Waals surface area contributed by atoms with E-state index < -0.39 is 23.8 Å². The van der Waals surface area contributed by atoms with Crippen molar-refractivity contribution >= 4 is 28.5 Å². The highest BCUT2D eigenvalue weighted by molar-refractivity contribution is 5.92. The molecular formula is C29H32N6O3. The maximum absolute atomic E-state index is 13.5. The topological polar surface area (TPSA) is 142 Å². The van der Waals surface area contributed by atoms with Gasteiger partial charge in [-0.05, 0) is 34.7 Å². The van der Waals surface area contributed by atoms with Gasteiger partial charge in [-0.1, -0.05) is 72.8 Å². The van der Waals surface area contributed by atoms with Gasteiger partial charge in [0.05, 0.1) is 17.9 Å². The molecule has 3 aromatic carbocycles. The average Bonchev–Trinajstić information content (AvgIpc) is 3.46. The molecule has 0 saturated carbocycles. The molecule has 0 radical (unpaired) electrons. The largest absolute Gasteiger partial charge is 0.356 e. The van der Waals surface area contributed by atoms with Crippen molar-refractivity contribution in [3.8, 4) is 0 Å². The summed E-state index contributed by atoms with van der Waals surface area (Å²) < 4.78 is 0. The molecule has 9 nitrogen and oxygen atoms in total. The van der Waals surface area contributed by atoms with E-state index in [1.165, 1.54) is 6.33 Å². The van der Waals surface area contributed by atoms with Crippen LogP contribution in [0.3, 0.4) is 0 Å². The lowest BCUT2D eigenvalue weighted by molar-refractivity contribution is -0.133. The fourth-order valence-corrected chi connectivity index (χ4v) is 4.49. The Balaban J connectivity index is 1.50. The Bertz CT molecular complexity index is 1350. The number of rotatable bonds is 12. The molecule has 4 rings (SSSR count). The molecule has 6 N–H and O–H groups in total. The van der Waals surface area contributed by atoms with Crippen molar-refractivity contribution in [2.24, 2.45) is 11.8 Å². The first-order valence-electron chi connectivity index (χ1n) is 12.6. The number of amides is 3. The Hall–Kier alpha value is -4.50. The van der Waals surface area contributed by atoms with Gasteiger partial charge >= 0.3 is 0 Å². The van der Waals surface area contributed by atoms with Crippen LogP contribution in [0, 0.1) is 5.92 Å². The number of fused-ring (bicyclic) bond motifs is 1. The lowest BCUT2D eigenvalue weighted by Gasteiger charge is -2.22. The molecule has 9 heteroatoms. The average molecular weight is 513 g/mol. The number of hydrazine groups is 1. The highest BCUT2D eigenvalue weighted by atomic mass is 16.2. The summed E-state index contributed by atoms with van der Waals surface area (Å²) in [5, 5.41) is 7.80. The summed E-state index contributed by atoms with van der Waals surface area (Å²) in [5.41, 5.74) is 4.78. The van der Waals surface area contributed by atoms with Gasteiger partial charge in [-0.3, -0.25) is 19.8 Å². The number of nitrogens with two attached hydrogens (primary N) is 1. The van der Waals surface area contributed by atoms with Crippen molar-refractivity contribution in [2.75, 3.05) is 6.54 Å². The van der Waals surface area contributed by atoms with Crippen LogP contribution < -0.4 is 21.9 Å². The van der Waals surface area contributed by atoms with Gasteiger partial charge in [-0.2, -0.15) is 0 Å². The summed E-state index contributed by atoms with van der Waals surface area (Å²) in [5.74, 6) is 3.50. The highest BCUT2D eigenvalue weighted by Crippen LogP contribution is 2.23. The molecule has 0 fully saturated rings. The zero-order chi connectivity index (χ0) is 26.7. The quantitative estimate of drug-likeness (QED) is 0.112. The molecule has 3 amide bonds. The van der Waals surface area contributed by atoms with E-state index in [0.717, 1.165) is 21.9 Å². The summed E-state index contributed by atoms with van der Waals surface area (Å²) in [4.78, 5) is 45.9. The standard InChI is InChI=1S/C29H32N6O3/c30-35-29(38)26(17-24-18-31-19-33-24)34-28(37)23(15-22-11-6-10-21-9-4-5-12-25(21)22)16-27(36)32-14-13-20-7-2-1-3-8-20/h1-12,18-19,23,26H,13-17,30H2,(H,31,33)(H,32,36)(H,34,37)(H,35,38)/t23?,26-/m0/s1. The summed E-state index contributed by atoms with van der Waals surface area (Å²) in [7, 11) is 0. The lowest BCUT2D eigenvalue weighted by Crippen LogP contribution is -2.52. The predicted molar refractivity (Wildman–Crippen MR) is 145 cm³/mol. The first-order valence-corrected chi connectivity index (χ1v) is 12.6. The van der Waals surface area contributed by atoms with Crippen LogP contribution in [-0.2, 0) is 33.6 Å². The SMILES string of the molecule is NNC(=O)[C@H](Cc1c[nH]cn1)NC(=O)C(CC(=O)NCCc1ccccc1)Cc1cccc2ccccc12. The van der Waals surface area contributed by atoms with E-state index in [4.69, 9.17) is 5.84 Å². The van der Waals surface area contributed by atoms with Gasteiger partial charge in [0.25, 0.3) is 5.91 Å². The molecule has 0 saturated heterocycles. The maximum atomic E-state index is 13.5. The number of hydrogen-bond acceptors (Lipinski definition) is 5. The number of benzene rings is 3. The number of aromatic amines is 1. The minimum atomic E-state index is -0.938. The fourth-order valence-electron chi connectivity index (χ4n) is 4.49. The Morgan fingerprint density at radius 3 is 2.42 bits per heavy atom. The number of aromatic nitrogens is 2. The van der Waals surface area contributed by atoms with E-state index in [1.807, 2.05) is 72.8 Å². The van der Waals surface area contributed by atoms with Crippen molar-refractivity contribution in [2.45, 2.75) is 31.7 Å². The van der Waals surface area contributed by atoms with Crippen LogP contribution in [0.2, 0.25) is 0 Å². The van der Waals surface area contributed by atoms with Crippen molar-refractivity contribution in [1.29, 1.82) is 0 Å². The molecule has 4 aromatic rings. The maximum Gasteiger partial charge on any atom is 0.256 e. The minimum Gasteiger partial charge on any atom is -0.356 e. The van der Waals surface area contributed by atoms with Crippen molar-refractivity contribution in [3.05, 3.63) is 102 Å². The second-order valence-electron chi connectivity index (χ2n) is 9.16. The Morgan fingerprint density at radius 2 is 1.66 bits per heavy atom. The van der Waals surface area contributed by atoms with Crippen molar-refractivity contribution < 1.29 is 14.4 Å². The Morgan fingerprint density at radius 1 is 0.895 bits per heavy atom. The highest BCUT2D eigenvalue weighted by Gasteiger charge is 2.28. The molecule has 196 valence electrons. The Labute approximate surface area is 221 Å². The van der Waals surface area contributed by atoms with Gasteiger partial charge < -0.3 is 15.6 Å². The van der Waals surface area contributed by atoms with Crippen LogP contribution in [0.15, 0.2) is 85.3 Å². The normalized spacial score (nSPS) is 12.4. The molecule has 0 aliphatic carbocycles. The van der Waals surface area contributed by atoms with Crippen LogP contribution in [0.4, 0.5) is 0 Å². The van der Waals surface area contributed by atoms with Gasteiger partial charge in [-0.25, -0.2) is 10.8 Å². The smallest absolute Gasteiger partial charge is 0.256 e. The van der Waals surface area contributed by atoms with Gasteiger partial charge in [-0.15, -0.1) is 0 Å². The van der Waals surface area contributed by atoms with Gasteiger partial charge in [0.15, 0.2) is 0 Å². The van der Waals surface area contributed by atoms with E-state index in [9.17, 15) is 14.4 Å². The minimum absolute atomic E-state index is 0.0246. The molecule has 0 spiro atoms. The van der Waals surface area contributed by atoms with E-state index in [0.29, 0.717) is 25.1 Å². The van der Waals surface area contributed by atoms with Crippen LogP contribution in [0.1, 0.15) is 23.2 Å². The van der Waals surface area contributed by atoms with Crippen LogP contribution in [-0.4, -0.2) is 40.3 Å². The summed E-state index contributed by atoms with van der Waals surface area (Å²) in [6, 6.07) is 22.8. The molecule has 0 aliphatic heterocycles. The number of hydrogen-bond donors (Lipinski definition) is 5. The first-order chi connectivity index (χ1) is 18.5. The molecule has 1 heterocycles.